The van der Waals surface area contributed by atoms with E-state index in [2.05, 4.69) is 30.2 Å². The number of amides is 1. The molecule has 26 heavy (non-hydrogen) atoms. The number of pyridine rings is 1. The van der Waals surface area contributed by atoms with Crippen molar-refractivity contribution in [3.8, 4) is 0 Å². The fourth-order valence-corrected chi connectivity index (χ4v) is 4.33. The molecule has 1 N–H and O–H groups in total. The van der Waals surface area contributed by atoms with Crippen LogP contribution in [0.15, 0.2) is 42.6 Å². The number of fused-ring (bicyclic) bond motifs is 2. The third-order valence-corrected chi connectivity index (χ3v) is 6.00. The third-order valence-electron chi connectivity index (χ3n) is 6.00. The second-order valence-electron chi connectivity index (χ2n) is 7.93. The van der Waals surface area contributed by atoms with Gasteiger partial charge in [0.15, 0.2) is 0 Å². The van der Waals surface area contributed by atoms with Crippen molar-refractivity contribution in [2.45, 2.75) is 46.1 Å². The number of para-hydroxylation sites is 2. The van der Waals surface area contributed by atoms with Crippen molar-refractivity contribution in [3.05, 3.63) is 48.2 Å². The van der Waals surface area contributed by atoms with Crippen molar-refractivity contribution >= 4 is 23.1 Å². The minimum Gasteiger partial charge on any atom is -0.338 e. The van der Waals surface area contributed by atoms with Crippen LogP contribution in [-0.2, 0) is 11.3 Å². The van der Waals surface area contributed by atoms with Crippen molar-refractivity contribution in [2.75, 3.05) is 10.2 Å². The molecule has 4 rings (SSSR count). The van der Waals surface area contributed by atoms with Crippen molar-refractivity contribution < 1.29 is 4.79 Å². The fourth-order valence-electron chi connectivity index (χ4n) is 4.33. The van der Waals surface area contributed by atoms with Crippen LogP contribution in [-0.4, -0.2) is 10.9 Å². The van der Waals surface area contributed by atoms with Crippen LogP contribution in [0.25, 0.3) is 0 Å². The lowest BCUT2D eigenvalue weighted by Gasteiger charge is -2.33. The number of carbonyl (C=O) groups excluding carboxylic acids is 1. The maximum Gasteiger partial charge on any atom is 0.230 e. The van der Waals surface area contributed by atoms with Crippen molar-refractivity contribution in [3.63, 3.8) is 0 Å². The SMILES string of the molecule is CC(C)C1CCC(C(=O)N2Cc3cccnc3Nc3ccccc32)CC1. The highest BCUT2D eigenvalue weighted by molar-refractivity contribution is 5.99. The average molecular weight is 349 g/mol. The summed E-state index contributed by atoms with van der Waals surface area (Å²) in [4.78, 5) is 19.9. The highest BCUT2D eigenvalue weighted by Crippen LogP contribution is 2.39. The summed E-state index contributed by atoms with van der Waals surface area (Å²) in [6.45, 7) is 5.18. The van der Waals surface area contributed by atoms with Gasteiger partial charge in [-0.05, 0) is 55.7 Å². The Morgan fingerprint density at radius 2 is 1.88 bits per heavy atom. The largest absolute Gasteiger partial charge is 0.338 e. The van der Waals surface area contributed by atoms with E-state index in [0.29, 0.717) is 12.5 Å². The van der Waals surface area contributed by atoms with Crippen LogP contribution in [0, 0.1) is 17.8 Å². The molecule has 0 unspecified atom stereocenters. The molecule has 1 aromatic carbocycles. The van der Waals surface area contributed by atoms with Crippen LogP contribution in [0.1, 0.15) is 45.1 Å². The molecule has 1 saturated carbocycles. The van der Waals surface area contributed by atoms with Gasteiger partial charge >= 0.3 is 0 Å². The van der Waals surface area contributed by atoms with E-state index < -0.39 is 0 Å². The van der Waals surface area contributed by atoms with Gasteiger partial charge in [-0.1, -0.05) is 32.0 Å². The molecule has 1 amide bonds. The zero-order chi connectivity index (χ0) is 18.1. The van der Waals surface area contributed by atoms with Crippen molar-refractivity contribution in [2.24, 2.45) is 17.8 Å². The molecule has 1 fully saturated rings. The predicted molar refractivity (Wildman–Crippen MR) is 105 cm³/mol. The van der Waals surface area contributed by atoms with Gasteiger partial charge in [0.25, 0.3) is 0 Å². The van der Waals surface area contributed by atoms with Gasteiger partial charge in [-0.15, -0.1) is 0 Å². The Kier molecular flexibility index (Phi) is 4.66. The summed E-state index contributed by atoms with van der Waals surface area (Å²) in [6.07, 6.45) is 6.14. The summed E-state index contributed by atoms with van der Waals surface area (Å²) in [6, 6.07) is 12.0. The van der Waals surface area contributed by atoms with Gasteiger partial charge in [-0.3, -0.25) is 4.79 Å². The van der Waals surface area contributed by atoms with E-state index in [1.165, 1.54) is 12.8 Å². The summed E-state index contributed by atoms with van der Waals surface area (Å²) in [7, 11) is 0. The summed E-state index contributed by atoms with van der Waals surface area (Å²) < 4.78 is 0. The van der Waals surface area contributed by atoms with E-state index in [1.807, 2.05) is 35.2 Å². The van der Waals surface area contributed by atoms with Crippen LogP contribution >= 0.6 is 0 Å². The lowest BCUT2D eigenvalue weighted by molar-refractivity contribution is -0.123. The first-order chi connectivity index (χ1) is 12.6. The molecule has 2 aliphatic rings. The zero-order valence-electron chi connectivity index (χ0n) is 15.6. The van der Waals surface area contributed by atoms with E-state index >= 15 is 0 Å². The molecule has 136 valence electrons. The number of carbonyl (C=O) groups is 1. The molecule has 0 bridgehead atoms. The van der Waals surface area contributed by atoms with E-state index in [1.54, 1.807) is 6.20 Å². The Bertz CT molecular complexity index is 793. The molecule has 0 radical (unpaired) electrons. The van der Waals surface area contributed by atoms with Crippen molar-refractivity contribution in [1.82, 2.24) is 4.98 Å². The van der Waals surface area contributed by atoms with Crippen molar-refractivity contribution in [1.29, 1.82) is 0 Å². The lowest BCUT2D eigenvalue weighted by atomic mass is 9.76. The number of nitrogens with zero attached hydrogens (tertiary/aromatic N) is 2. The Balaban J connectivity index is 1.62. The van der Waals surface area contributed by atoms with Gasteiger partial charge < -0.3 is 10.2 Å². The predicted octanol–water partition coefficient (Wildman–Crippen LogP) is 5.13. The van der Waals surface area contributed by atoms with Gasteiger partial charge in [-0.2, -0.15) is 0 Å². The fraction of sp³-hybridized carbons (Fsp3) is 0.455. The van der Waals surface area contributed by atoms with Gasteiger partial charge in [0, 0.05) is 17.7 Å². The number of rotatable bonds is 2. The molecule has 0 spiro atoms. The van der Waals surface area contributed by atoms with Crippen LogP contribution in [0.2, 0.25) is 0 Å². The molecule has 2 heterocycles. The first-order valence-electron chi connectivity index (χ1n) is 9.75. The lowest BCUT2D eigenvalue weighted by Crippen LogP contribution is -2.37. The molecule has 4 heteroatoms. The van der Waals surface area contributed by atoms with Gasteiger partial charge in [0.2, 0.25) is 5.91 Å². The highest BCUT2D eigenvalue weighted by atomic mass is 16.2. The van der Waals surface area contributed by atoms with E-state index in [-0.39, 0.29) is 11.8 Å². The smallest absolute Gasteiger partial charge is 0.230 e. The summed E-state index contributed by atoms with van der Waals surface area (Å²) in [5.41, 5.74) is 2.98. The van der Waals surface area contributed by atoms with E-state index in [4.69, 9.17) is 0 Å². The second-order valence-corrected chi connectivity index (χ2v) is 7.93. The van der Waals surface area contributed by atoms with Crippen LogP contribution in [0.3, 0.4) is 0 Å². The number of benzene rings is 1. The summed E-state index contributed by atoms with van der Waals surface area (Å²) in [5, 5.41) is 3.41. The Morgan fingerprint density at radius 3 is 2.65 bits per heavy atom. The molecular weight excluding hydrogens is 322 g/mol. The molecule has 4 nitrogen and oxygen atoms in total. The number of nitrogens with one attached hydrogen (secondary N) is 1. The maximum absolute atomic E-state index is 13.4. The number of aromatic nitrogens is 1. The summed E-state index contributed by atoms with van der Waals surface area (Å²) >= 11 is 0. The number of hydrogen-bond donors (Lipinski definition) is 1. The Morgan fingerprint density at radius 1 is 1.12 bits per heavy atom. The summed E-state index contributed by atoms with van der Waals surface area (Å²) in [5.74, 6) is 2.72. The molecule has 1 aliphatic heterocycles. The molecule has 0 saturated heterocycles. The normalized spacial score (nSPS) is 22.2. The van der Waals surface area contributed by atoms with Crippen LogP contribution in [0.4, 0.5) is 17.2 Å². The number of anilines is 3. The average Bonchev–Trinajstić information content (AvgIpc) is 2.84. The topological polar surface area (TPSA) is 45.2 Å². The molecular formula is C22H27N3O. The van der Waals surface area contributed by atoms with Crippen LogP contribution in [0.5, 0.6) is 0 Å². The zero-order valence-corrected chi connectivity index (χ0v) is 15.6. The molecule has 1 aliphatic carbocycles. The molecule has 1 aromatic heterocycles. The quantitative estimate of drug-likeness (QED) is 0.817. The maximum atomic E-state index is 13.4. The standard InChI is InChI=1S/C22H27N3O/c1-15(2)16-9-11-17(12-10-16)22(26)25-14-18-6-5-13-23-21(18)24-19-7-3-4-8-20(19)25/h3-8,13,15-17H,9-12,14H2,1-2H3,(H,23,24). The first-order valence-corrected chi connectivity index (χ1v) is 9.75. The highest BCUT2D eigenvalue weighted by Gasteiger charge is 2.33. The first kappa shape index (κ1) is 17.1. The van der Waals surface area contributed by atoms with E-state index in [0.717, 1.165) is 41.5 Å². The van der Waals surface area contributed by atoms with Gasteiger partial charge in [0.05, 0.1) is 17.9 Å². The Labute approximate surface area is 155 Å². The monoisotopic (exact) mass is 349 g/mol. The minimum absolute atomic E-state index is 0.135. The third kappa shape index (κ3) is 3.20. The molecule has 2 aromatic rings. The second kappa shape index (κ2) is 7.10. The number of hydrogen-bond acceptors (Lipinski definition) is 3. The Hall–Kier alpha value is -2.36. The van der Waals surface area contributed by atoms with Crippen LogP contribution < -0.4 is 10.2 Å². The van der Waals surface area contributed by atoms with Gasteiger partial charge in [0.1, 0.15) is 5.82 Å². The minimum atomic E-state index is 0.135. The van der Waals surface area contributed by atoms with Gasteiger partial charge in [-0.25, -0.2) is 4.98 Å². The van der Waals surface area contributed by atoms with E-state index in [9.17, 15) is 4.79 Å². The molecule has 0 atom stereocenters.